The normalized spacial score (nSPS) is 16.8. The molecule has 1 aromatic carbocycles. The summed E-state index contributed by atoms with van der Waals surface area (Å²) in [7, 11) is 0. The first kappa shape index (κ1) is 11.2. The fourth-order valence-electron chi connectivity index (χ4n) is 2.19. The van der Waals surface area contributed by atoms with Gasteiger partial charge in [0.1, 0.15) is 6.20 Å². The summed E-state index contributed by atoms with van der Waals surface area (Å²) in [5.74, 6) is 0.490. The van der Waals surface area contributed by atoms with E-state index in [1.54, 1.807) is 0 Å². The topological polar surface area (TPSA) is 68.1 Å². The molecule has 1 atom stereocenters. The van der Waals surface area contributed by atoms with Gasteiger partial charge < -0.3 is 5.32 Å². The predicted octanol–water partition coefficient (Wildman–Crippen LogP) is 2.80. The highest BCUT2D eigenvalue weighted by atomic mass is 32.1. The molecular formula is C12H11N3O2S. The molecule has 1 heterocycles. The maximum atomic E-state index is 10.5. The molecule has 5 nitrogen and oxygen atoms in total. The summed E-state index contributed by atoms with van der Waals surface area (Å²) in [4.78, 5) is 14.1. The second-order valence-corrected chi connectivity index (χ2v) is 5.25. The maximum absolute atomic E-state index is 10.5. The van der Waals surface area contributed by atoms with Crippen LogP contribution in [0.25, 0.3) is 0 Å². The highest BCUT2D eigenvalue weighted by Crippen LogP contribution is 2.35. The third kappa shape index (κ3) is 1.95. The van der Waals surface area contributed by atoms with Crippen molar-refractivity contribution in [2.24, 2.45) is 0 Å². The quantitative estimate of drug-likeness (QED) is 0.678. The van der Waals surface area contributed by atoms with Gasteiger partial charge in [0.05, 0.1) is 4.92 Å². The van der Waals surface area contributed by atoms with Crippen molar-refractivity contribution in [2.75, 3.05) is 11.9 Å². The van der Waals surface area contributed by atoms with E-state index in [4.69, 9.17) is 0 Å². The Morgan fingerprint density at radius 2 is 2.33 bits per heavy atom. The number of nitrogens with one attached hydrogen (secondary N) is 1. The molecule has 1 unspecified atom stereocenters. The van der Waals surface area contributed by atoms with Crippen LogP contribution >= 0.6 is 11.3 Å². The van der Waals surface area contributed by atoms with E-state index >= 15 is 0 Å². The van der Waals surface area contributed by atoms with Gasteiger partial charge in [0, 0.05) is 12.5 Å². The van der Waals surface area contributed by atoms with Crippen molar-refractivity contribution in [1.29, 1.82) is 0 Å². The molecule has 0 radical (unpaired) electrons. The van der Waals surface area contributed by atoms with Crippen molar-refractivity contribution in [2.45, 2.75) is 12.3 Å². The van der Waals surface area contributed by atoms with Crippen LogP contribution in [-0.2, 0) is 6.42 Å². The number of aromatic nitrogens is 1. The SMILES string of the molecule is O=[N+]([O-])c1cnc(NCC2Cc3ccccc32)s1. The van der Waals surface area contributed by atoms with Gasteiger partial charge in [0.25, 0.3) is 0 Å². The molecule has 0 bridgehead atoms. The zero-order chi connectivity index (χ0) is 12.5. The lowest BCUT2D eigenvalue weighted by molar-refractivity contribution is -0.380. The van der Waals surface area contributed by atoms with Crippen LogP contribution in [-0.4, -0.2) is 16.5 Å². The van der Waals surface area contributed by atoms with Gasteiger partial charge in [-0.15, -0.1) is 0 Å². The van der Waals surface area contributed by atoms with E-state index in [1.165, 1.54) is 17.3 Å². The fraction of sp³-hybridized carbons (Fsp3) is 0.250. The molecule has 92 valence electrons. The standard InChI is InChI=1S/C12H11N3O2S/c16-15(17)11-7-14-12(18-11)13-6-9-5-8-3-1-2-4-10(8)9/h1-4,7,9H,5-6H2,(H,13,14). The average Bonchev–Trinajstić information content (AvgIpc) is 2.79. The largest absolute Gasteiger partial charge is 0.361 e. The molecule has 6 heteroatoms. The van der Waals surface area contributed by atoms with E-state index < -0.39 is 4.92 Å². The molecular weight excluding hydrogens is 250 g/mol. The molecule has 0 amide bonds. The summed E-state index contributed by atoms with van der Waals surface area (Å²) in [6, 6.07) is 8.36. The maximum Gasteiger partial charge on any atom is 0.345 e. The van der Waals surface area contributed by atoms with Crippen molar-refractivity contribution < 1.29 is 4.92 Å². The van der Waals surface area contributed by atoms with E-state index in [1.807, 2.05) is 12.1 Å². The first-order valence-corrected chi connectivity index (χ1v) is 6.47. The first-order chi connectivity index (χ1) is 8.74. The van der Waals surface area contributed by atoms with Gasteiger partial charge in [-0.2, -0.15) is 0 Å². The van der Waals surface area contributed by atoms with E-state index in [2.05, 4.69) is 22.4 Å². The Morgan fingerprint density at radius 1 is 1.50 bits per heavy atom. The van der Waals surface area contributed by atoms with Gasteiger partial charge >= 0.3 is 5.00 Å². The molecule has 0 spiro atoms. The second-order valence-electron chi connectivity index (χ2n) is 4.24. The number of benzene rings is 1. The summed E-state index contributed by atoms with van der Waals surface area (Å²) in [5.41, 5.74) is 2.77. The first-order valence-electron chi connectivity index (χ1n) is 5.66. The van der Waals surface area contributed by atoms with Crippen LogP contribution in [0.1, 0.15) is 17.0 Å². The van der Waals surface area contributed by atoms with Gasteiger partial charge in [-0.3, -0.25) is 10.1 Å². The lowest BCUT2D eigenvalue weighted by Gasteiger charge is -2.30. The molecule has 3 rings (SSSR count). The molecule has 0 fully saturated rings. The smallest absolute Gasteiger partial charge is 0.345 e. The highest BCUT2D eigenvalue weighted by Gasteiger charge is 2.25. The summed E-state index contributed by atoms with van der Waals surface area (Å²) in [5, 5.41) is 14.4. The number of anilines is 1. The Balaban J connectivity index is 1.61. The molecule has 0 saturated carbocycles. The van der Waals surface area contributed by atoms with Crippen molar-refractivity contribution in [3.8, 4) is 0 Å². The van der Waals surface area contributed by atoms with Crippen molar-refractivity contribution in [1.82, 2.24) is 4.98 Å². The molecule has 2 aromatic rings. The van der Waals surface area contributed by atoms with Crippen molar-refractivity contribution in [3.63, 3.8) is 0 Å². The van der Waals surface area contributed by atoms with Crippen molar-refractivity contribution in [3.05, 3.63) is 51.7 Å². The number of nitro groups is 1. The summed E-state index contributed by atoms with van der Waals surface area (Å²) in [6.07, 6.45) is 2.36. The van der Waals surface area contributed by atoms with Crippen LogP contribution in [0, 0.1) is 10.1 Å². The van der Waals surface area contributed by atoms with Crippen LogP contribution in [0.4, 0.5) is 10.1 Å². The summed E-state index contributed by atoms with van der Waals surface area (Å²) < 4.78 is 0. The van der Waals surface area contributed by atoms with Crippen LogP contribution in [0.15, 0.2) is 30.5 Å². The molecule has 1 N–H and O–H groups in total. The lowest BCUT2D eigenvalue weighted by atomic mass is 9.78. The Kier molecular flexibility index (Phi) is 2.71. The molecule has 1 aliphatic rings. The van der Waals surface area contributed by atoms with E-state index in [0.29, 0.717) is 11.0 Å². The van der Waals surface area contributed by atoms with Crippen LogP contribution in [0.3, 0.4) is 0 Å². The van der Waals surface area contributed by atoms with Gasteiger partial charge in [-0.05, 0) is 28.9 Å². The Hall–Kier alpha value is -1.95. The minimum Gasteiger partial charge on any atom is -0.361 e. The third-order valence-electron chi connectivity index (χ3n) is 3.13. The van der Waals surface area contributed by atoms with Gasteiger partial charge in [-0.1, -0.05) is 24.3 Å². The van der Waals surface area contributed by atoms with E-state index in [0.717, 1.165) is 24.3 Å². The fourth-order valence-corrected chi connectivity index (χ4v) is 2.83. The van der Waals surface area contributed by atoms with Crippen LogP contribution in [0.2, 0.25) is 0 Å². The third-order valence-corrected chi connectivity index (χ3v) is 4.04. The lowest BCUT2D eigenvalue weighted by Crippen LogP contribution is -2.24. The zero-order valence-electron chi connectivity index (χ0n) is 9.50. The molecule has 0 saturated heterocycles. The Bertz CT molecular complexity index is 597. The van der Waals surface area contributed by atoms with Gasteiger partial charge in [0.15, 0.2) is 5.13 Å². The monoisotopic (exact) mass is 261 g/mol. The van der Waals surface area contributed by atoms with Crippen LogP contribution < -0.4 is 5.32 Å². The molecule has 0 aliphatic heterocycles. The number of hydrogen-bond donors (Lipinski definition) is 1. The average molecular weight is 261 g/mol. The number of hydrogen-bond acceptors (Lipinski definition) is 5. The van der Waals surface area contributed by atoms with Crippen LogP contribution in [0.5, 0.6) is 0 Å². The minimum absolute atomic E-state index is 0.0755. The summed E-state index contributed by atoms with van der Waals surface area (Å²) >= 11 is 1.08. The molecule has 1 aromatic heterocycles. The number of fused-ring (bicyclic) bond motifs is 1. The Labute approximate surface area is 108 Å². The molecule has 18 heavy (non-hydrogen) atoms. The predicted molar refractivity (Wildman–Crippen MR) is 70.1 cm³/mol. The van der Waals surface area contributed by atoms with Crippen molar-refractivity contribution >= 4 is 21.5 Å². The Morgan fingerprint density at radius 3 is 3.06 bits per heavy atom. The van der Waals surface area contributed by atoms with E-state index in [9.17, 15) is 10.1 Å². The number of rotatable bonds is 4. The minimum atomic E-state index is -0.415. The number of nitrogens with zero attached hydrogens (tertiary/aromatic N) is 2. The summed E-state index contributed by atoms with van der Waals surface area (Å²) in [6.45, 7) is 0.779. The highest BCUT2D eigenvalue weighted by molar-refractivity contribution is 7.18. The zero-order valence-corrected chi connectivity index (χ0v) is 10.3. The number of thiazole rings is 1. The second kappa shape index (κ2) is 4.38. The van der Waals surface area contributed by atoms with E-state index in [-0.39, 0.29) is 5.00 Å². The molecule has 1 aliphatic carbocycles. The van der Waals surface area contributed by atoms with Gasteiger partial charge in [0.2, 0.25) is 0 Å². The van der Waals surface area contributed by atoms with Gasteiger partial charge in [-0.25, -0.2) is 4.98 Å².